The van der Waals surface area contributed by atoms with Crippen molar-refractivity contribution in [3.05, 3.63) is 40.9 Å². The summed E-state index contributed by atoms with van der Waals surface area (Å²) in [7, 11) is 1.69. The lowest BCUT2D eigenvalue weighted by Gasteiger charge is -2.34. The van der Waals surface area contributed by atoms with Gasteiger partial charge in [0.25, 0.3) is 0 Å². The van der Waals surface area contributed by atoms with Crippen LogP contribution in [0.5, 0.6) is 5.75 Å². The van der Waals surface area contributed by atoms with Crippen LogP contribution in [0.25, 0.3) is 0 Å². The van der Waals surface area contributed by atoms with E-state index < -0.39 is 0 Å². The Labute approximate surface area is 152 Å². The molecule has 0 atom stereocenters. The normalized spacial score (nSPS) is 15.2. The number of carbonyl (C=O) groups excluding carboxylic acids is 1. The van der Waals surface area contributed by atoms with Crippen molar-refractivity contribution in [1.29, 1.82) is 0 Å². The van der Waals surface area contributed by atoms with Gasteiger partial charge >= 0.3 is 5.97 Å². The maximum absolute atomic E-state index is 11.7. The Morgan fingerprint density at radius 2 is 2.08 bits per heavy atom. The van der Waals surface area contributed by atoms with Gasteiger partial charge in [-0.15, -0.1) is 11.3 Å². The van der Waals surface area contributed by atoms with Gasteiger partial charge in [-0.25, -0.2) is 9.78 Å². The third kappa shape index (κ3) is 4.49. The van der Waals surface area contributed by atoms with Crippen molar-refractivity contribution >= 4 is 22.4 Å². The summed E-state index contributed by atoms with van der Waals surface area (Å²) in [6.07, 6.45) is 0. The highest BCUT2D eigenvalue weighted by molar-refractivity contribution is 7.13. The number of thiazole rings is 1. The van der Waals surface area contributed by atoms with Gasteiger partial charge in [0.2, 0.25) is 0 Å². The second kappa shape index (κ2) is 8.31. The summed E-state index contributed by atoms with van der Waals surface area (Å²) < 4.78 is 10.3. The number of anilines is 1. The number of hydrogen-bond acceptors (Lipinski definition) is 7. The molecule has 1 aliphatic heterocycles. The number of benzene rings is 1. The van der Waals surface area contributed by atoms with E-state index in [1.165, 1.54) is 16.9 Å². The lowest BCUT2D eigenvalue weighted by atomic mass is 10.2. The molecular formula is C18H23N3O3S. The number of esters is 1. The van der Waals surface area contributed by atoms with Crippen LogP contribution in [0.3, 0.4) is 0 Å². The van der Waals surface area contributed by atoms with E-state index >= 15 is 0 Å². The van der Waals surface area contributed by atoms with Crippen LogP contribution in [0.1, 0.15) is 23.0 Å². The molecule has 134 valence electrons. The van der Waals surface area contributed by atoms with Crippen LogP contribution < -0.4 is 9.64 Å². The summed E-state index contributed by atoms with van der Waals surface area (Å²) in [6.45, 7) is 6.81. The summed E-state index contributed by atoms with van der Waals surface area (Å²) in [6, 6.07) is 8.20. The number of ether oxygens (including phenoxy) is 2. The minimum absolute atomic E-state index is 0.346. The molecule has 0 bridgehead atoms. The molecule has 0 radical (unpaired) electrons. The molecule has 0 spiro atoms. The molecule has 1 aliphatic rings. The Balaban J connectivity index is 1.54. The number of nitrogens with zero attached hydrogens (tertiary/aromatic N) is 3. The second-order valence-electron chi connectivity index (χ2n) is 5.85. The first-order valence-electron chi connectivity index (χ1n) is 8.42. The molecule has 1 aromatic heterocycles. The van der Waals surface area contributed by atoms with Crippen molar-refractivity contribution in [3.63, 3.8) is 0 Å². The van der Waals surface area contributed by atoms with Crippen molar-refractivity contribution < 1.29 is 14.3 Å². The molecule has 7 heteroatoms. The number of carbonyl (C=O) groups is 1. The minimum atomic E-state index is -0.346. The van der Waals surface area contributed by atoms with E-state index in [1.54, 1.807) is 19.4 Å². The summed E-state index contributed by atoms with van der Waals surface area (Å²) in [4.78, 5) is 20.8. The highest BCUT2D eigenvalue weighted by atomic mass is 32.1. The van der Waals surface area contributed by atoms with Gasteiger partial charge in [-0.2, -0.15) is 0 Å². The standard InChI is InChI=1S/C18H23N3O3S/c1-3-24-17(22)16-13-25-18(19-16)21-9-7-20(8-10-21)12-14-5-4-6-15(11-14)23-2/h4-6,11,13H,3,7-10,12H2,1-2H3. The zero-order valence-corrected chi connectivity index (χ0v) is 15.4. The van der Waals surface area contributed by atoms with E-state index in [0.29, 0.717) is 12.3 Å². The smallest absolute Gasteiger partial charge is 0.357 e. The van der Waals surface area contributed by atoms with Gasteiger partial charge in [-0.3, -0.25) is 4.90 Å². The van der Waals surface area contributed by atoms with Gasteiger partial charge in [0.1, 0.15) is 5.75 Å². The van der Waals surface area contributed by atoms with Crippen LogP contribution >= 0.6 is 11.3 Å². The average Bonchev–Trinajstić information content (AvgIpc) is 3.13. The van der Waals surface area contributed by atoms with Crippen LogP contribution in [-0.4, -0.2) is 55.7 Å². The minimum Gasteiger partial charge on any atom is -0.497 e. The number of hydrogen-bond donors (Lipinski definition) is 0. The van der Waals surface area contributed by atoms with E-state index in [1.807, 2.05) is 12.1 Å². The fraction of sp³-hybridized carbons (Fsp3) is 0.444. The van der Waals surface area contributed by atoms with E-state index in [9.17, 15) is 4.79 Å². The van der Waals surface area contributed by atoms with Crippen molar-refractivity contribution in [2.45, 2.75) is 13.5 Å². The third-order valence-electron chi connectivity index (χ3n) is 4.16. The summed E-state index contributed by atoms with van der Waals surface area (Å²) >= 11 is 1.50. The maximum Gasteiger partial charge on any atom is 0.357 e. The monoisotopic (exact) mass is 361 g/mol. The molecule has 25 heavy (non-hydrogen) atoms. The molecule has 6 nitrogen and oxygen atoms in total. The first-order chi connectivity index (χ1) is 12.2. The summed E-state index contributed by atoms with van der Waals surface area (Å²) in [5, 5.41) is 2.67. The topological polar surface area (TPSA) is 54.9 Å². The van der Waals surface area contributed by atoms with Crippen molar-refractivity contribution in [2.24, 2.45) is 0 Å². The lowest BCUT2D eigenvalue weighted by molar-refractivity contribution is 0.0520. The first-order valence-corrected chi connectivity index (χ1v) is 9.30. The SMILES string of the molecule is CCOC(=O)c1csc(N2CCN(Cc3cccc(OC)c3)CC2)n1. The van der Waals surface area contributed by atoms with Crippen LogP contribution in [0, 0.1) is 0 Å². The van der Waals surface area contributed by atoms with Gasteiger partial charge in [0.15, 0.2) is 10.8 Å². The largest absolute Gasteiger partial charge is 0.497 e. The van der Waals surface area contributed by atoms with Gasteiger partial charge in [0.05, 0.1) is 13.7 Å². The number of methoxy groups -OCH3 is 1. The highest BCUT2D eigenvalue weighted by Gasteiger charge is 2.21. The Bertz CT molecular complexity index is 711. The Kier molecular flexibility index (Phi) is 5.88. The molecule has 0 aliphatic carbocycles. The number of rotatable bonds is 6. The quantitative estimate of drug-likeness (QED) is 0.738. The van der Waals surface area contributed by atoms with E-state index in [4.69, 9.17) is 9.47 Å². The maximum atomic E-state index is 11.7. The molecule has 0 amide bonds. The summed E-state index contributed by atoms with van der Waals surface area (Å²) in [5.41, 5.74) is 1.66. The number of piperazine rings is 1. The first kappa shape index (κ1) is 17.7. The van der Waals surface area contributed by atoms with Crippen LogP contribution in [0.4, 0.5) is 5.13 Å². The average molecular weight is 361 g/mol. The predicted octanol–water partition coefficient (Wildman–Crippen LogP) is 2.65. The molecule has 0 saturated carbocycles. The zero-order valence-electron chi connectivity index (χ0n) is 14.6. The van der Waals surface area contributed by atoms with Gasteiger partial charge in [0, 0.05) is 38.1 Å². The molecule has 1 fully saturated rings. The van der Waals surface area contributed by atoms with Crippen LogP contribution in [0.2, 0.25) is 0 Å². The second-order valence-corrected chi connectivity index (χ2v) is 6.69. The van der Waals surface area contributed by atoms with Crippen molar-refractivity contribution in [3.8, 4) is 5.75 Å². The van der Waals surface area contributed by atoms with E-state index in [2.05, 4.69) is 26.9 Å². The van der Waals surface area contributed by atoms with Crippen LogP contribution in [0.15, 0.2) is 29.6 Å². The van der Waals surface area contributed by atoms with Crippen LogP contribution in [-0.2, 0) is 11.3 Å². The van der Waals surface area contributed by atoms with Gasteiger partial charge in [-0.05, 0) is 24.6 Å². The Hall–Kier alpha value is -2.12. The molecule has 2 aromatic rings. The summed E-state index contributed by atoms with van der Waals surface area (Å²) in [5.74, 6) is 0.548. The fourth-order valence-corrected chi connectivity index (χ4v) is 3.68. The molecular weight excluding hydrogens is 338 g/mol. The molecule has 3 rings (SSSR count). The Morgan fingerprint density at radius 3 is 2.80 bits per heavy atom. The number of aromatic nitrogens is 1. The van der Waals surface area contributed by atoms with Crippen molar-refractivity contribution in [2.75, 3.05) is 44.8 Å². The van der Waals surface area contributed by atoms with Crippen molar-refractivity contribution in [1.82, 2.24) is 9.88 Å². The molecule has 1 aromatic carbocycles. The molecule has 0 unspecified atom stereocenters. The van der Waals surface area contributed by atoms with E-state index in [-0.39, 0.29) is 5.97 Å². The predicted molar refractivity (Wildman–Crippen MR) is 98.6 cm³/mol. The molecule has 1 saturated heterocycles. The van der Waals surface area contributed by atoms with Gasteiger partial charge in [-0.1, -0.05) is 12.1 Å². The molecule has 0 N–H and O–H groups in total. The zero-order chi connectivity index (χ0) is 17.6. The Morgan fingerprint density at radius 1 is 1.28 bits per heavy atom. The van der Waals surface area contributed by atoms with E-state index in [0.717, 1.165) is 43.6 Å². The molecule has 2 heterocycles. The highest BCUT2D eigenvalue weighted by Crippen LogP contribution is 2.23. The lowest BCUT2D eigenvalue weighted by Crippen LogP contribution is -2.46. The van der Waals surface area contributed by atoms with Gasteiger partial charge < -0.3 is 14.4 Å². The third-order valence-corrected chi connectivity index (χ3v) is 5.06. The fourth-order valence-electron chi connectivity index (χ4n) is 2.83.